The summed E-state index contributed by atoms with van der Waals surface area (Å²) in [5.41, 5.74) is 2.25. The number of hydrogen-bond donors (Lipinski definition) is 1. The molecular weight excluding hydrogens is 266 g/mol. The van der Waals surface area contributed by atoms with Crippen molar-refractivity contribution in [3.8, 4) is 0 Å². The van der Waals surface area contributed by atoms with Gasteiger partial charge in [0.2, 0.25) is 0 Å². The number of aromatic nitrogens is 2. The highest BCUT2D eigenvalue weighted by atomic mass is 16.7. The molecule has 1 unspecified atom stereocenters. The molecule has 1 aromatic carbocycles. The number of benzene rings is 1. The van der Waals surface area contributed by atoms with Crippen LogP contribution < -0.4 is 5.32 Å². The van der Waals surface area contributed by atoms with E-state index >= 15 is 0 Å². The second-order valence-corrected chi connectivity index (χ2v) is 5.84. The predicted octanol–water partition coefficient (Wildman–Crippen LogP) is 2.30. The molecule has 0 amide bonds. The van der Waals surface area contributed by atoms with Gasteiger partial charge in [-0.05, 0) is 32.9 Å². The lowest BCUT2D eigenvalue weighted by atomic mass is 10.3. The van der Waals surface area contributed by atoms with Crippen molar-refractivity contribution in [1.29, 1.82) is 0 Å². The van der Waals surface area contributed by atoms with Gasteiger partial charge in [-0.2, -0.15) is 0 Å². The maximum Gasteiger partial charge on any atom is 0.163 e. The number of hydrogen-bond acceptors (Lipinski definition) is 4. The zero-order valence-corrected chi connectivity index (χ0v) is 12.9. The third-order valence-electron chi connectivity index (χ3n) is 3.77. The molecule has 0 saturated carbocycles. The molecule has 114 valence electrons. The van der Waals surface area contributed by atoms with E-state index in [0.29, 0.717) is 6.61 Å². The molecule has 0 aliphatic carbocycles. The summed E-state index contributed by atoms with van der Waals surface area (Å²) < 4.78 is 13.6. The second-order valence-electron chi connectivity index (χ2n) is 5.84. The monoisotopic (exact) mass is 289 g/mol. The molecule has 1 N–H and O–H groups in total. The van der Waals surface area contributed by atoms with Crippen LogP contribution in [0.5, 0.6) is 0 Å². The van der Waals surface area contributed by atoms with Gasteiger partial charge >= 0.3 is 0 Å². The van der Waals surface area contributed by atoms with Crippen LogP contribution in [0.4, 0.5) is 0 Å². The third-order valence-corrected chi connectivity index (χ3v) is 3.77. The van der Waals surface area contributed by atoms with E-state index in [4.69, 9.17) is 14.5 Å². The molecule has 1 aliphatic heterocycles. The minimum absolute atomic E-state index is 0.111. The maximum absolute atomic E-state index is 5.79. The van der Waals surface area contributed by atoms with E-state index in [2.05, 4.69) is 35.0 Å². The van der Waals surface area contributed by atoms with Crippen LogP contribution in [0.1, 0.15) is 26.6 Å². The number of para-hydroxylation sites is 2. The van der Waals surface area contributed by atoms with E-state index in [1.807, 2.05) is 19.9 Å². The Morgan fingerprint density at radius 3 is 2.90 bits per heavy atom. The first kappa shape index (κ1) is 14.5. The fourth-order valence-electron chi connectivity index (χ4n) is 2.82. The topological polar surface area (TPSA) is 48.3 Å². The largest absolute Gasteiger partial charge is 0.348 e. The van der Waals surface area contributed by atoms with Gasteiger partial charge in [-0.3, -0.25) is 0 Å². The second kappa shape index (κ2) is 5.75. The van der Waals surface area contributed by atoms with Gasteiger partial charge in [0.15, 0.2) is 5.79 Å². The smallest absolute Gasteiger partial charge is 0.163 e. The Bertz CT molecular complexity index is 621. The van der Waals surface area contributed by atoms with Crippen LogP contribution in [0.2, 0.25) is 0 Å². The van der Waals surface area contributed by atoms with Crippen LogP contribution in [0.25, 0.3) is 11.0 Å². The number of rotatable bonds is 5. The molecule has 3 rings (SSSR count). The van der Waals surface area contributed by atoms with Crippen molar-refractivity contribution < 1.29 is 9.47 Å². The average molecular weight is 289 g/mol. The zero-order valence-electron chi connectivity index (χ0n) is 12.9. The van der Waals surface area contributed by atoms with Gasteiger partial charge in [-0.15, -0.1) is 0 Å². The summed E-state index contributed by atoms with van der Waals surface area (Å²) in [6.07, 6.45) is 0.111. The van der Waals surface area contributed by atoms with Crippen molar-refractivity contribution in [2.75, 3.05) is 13.2 Å². The summed E-state index contributed by atoms with van der Waals surface area (Å²) in [5.74, 6) is 0.611. The maximum atomic E-state index is 5.79. The highest BCUT2D eigenvalue weighted by Crippen LogP contribution is 2.22. The quantitative estimate of drug-likeness (QED) is 0.917. The van der Waals surface area contributed by atoms with Crippen molar-refractivity contribution in [2.45, 2.75) is 45.8 Å². The van der Waals surface area contributed by atoms with E-state index in [0.717, 1.165) is 31.0 Å². The Hall–Kier alpha value is -1.43. The molecular formula is C16H23N3O2. The highest BCUT2D eigenvalue weighted by molar-refractivity contribution is 5.75. The van der Waals surface area contributed by atoms with Crippen LogP contribution in [-0.4, -0.2) is 34.6 Å². The Labute approximate surface area is 125 Å². The number of aryl methyl sites for hydroxylation is 1. The molecule has 21 heavy (non-hydrogen) atoms. The van der Waals surface area contributed by atoms with Gasteiger partial charge in [0.25, 0.3) is 0 Å². The summed E-state index contributed by atoms with van der Waals surface area (Å²) in [7, 11) is 0. The fraction of sp³-hybridized carbons (Fsp3) is 0.562. The van der Waals surface area contributed by atoms with Gasteiger partial charge in [0, 0.05) is 13.1 Å². The van der Waals surface area contributed by atoms with Crippen LogP contribution in [0, 0.1) is 0 Å². The van der Waals surface area contributed by atoms with E-state index in [-0.39, 0.29) is 6.10 Å². The molecule has 0 spiro atoms. The molecule has 0 bridgehead atoms. The van der Waals surface area contributed by atoms with Gasteiger partial charge in [-0.25, -0.2) is 4.98 Å². The van der Waals surface area contributed by atoms with E-state index in [1.54, 1.807) is 0 Å². The Kier molecular flexibility index (Phi) is 3.97. The molecule has 1 saturated heterocycles. The van der Waals surface area contributed by atoms with Crippen molar-refractivity contribution in [2.24, 2.45) is 0 Å². The molecule has 0 radical (unpaired) electrons. The van der Waals surface area contributed by atoms with Crippen LogP contribution >= 0.6 is 0 Å². The molecule has 1 fully saturated rings. The minimum Gasteiger partial charge on any atom is -0.348 e. The predicted molar refractivity (Wildman–Crippen MR) is 82.0 cm³/mol. The van der Waals surface area contributed by atoms with Crippen molar-refractivity contribution in [3.05, 3.63) is 30.1 Å². The van der Waals surface area contributed by atoms with E-state index in [1.165, 1.54) is 5.52 Å². The molecule has 1 aromatic heterocycles. The first-order valence-electron chi connectivity index (χ1n) is 7.55. The normalized spacial score (nSPS) is 21.2. The van der Waals surface area contributed by atoms with Gasteiger partial charge in [-0.1, -0.05) is 12.1 Å². The first-order chi connectivity index (χ1) is 10.1. The van der Waals surface area contributed by atoms with Crippen LogP contribution in [0.15, 0.2) is 24.3 Å². The Morgan fingerprint density at radius 2 is 2.19 bits per heavy atom. The standard InChI is InChI=1S/C16H23N3O2/c1-4-19-14-8-6-5-7-13(14)18-15(19)10-17-9-12-11-20-16(2,3)21-12/h5-8,12,17H,4,9-11H2,1-3H3. The molecule has 2 heterocycles. The number of nitrogens with one attached hydrogen (secondary N) is 1. The van der Waals surface area contributed by atoms with E-state index in [9.17, 15) is 0 Å². The molecule has 1 atom stereocenters. The highest BCUT2D eigenvalue weighted by Gasteiger charge is 2.32. The summed E-state index contributed by atoms with van der Waals surface area (Å²) in [6, 6.07) is 8.25. The lowest BCUT2D eigenvalue weighted by Gasteiger charge is -2.17. The number of imidazole rings is 1. The fourth-order valence-corrected chi connectivity index (χ4v) is 2.82. The van der Waals surface area contributed by atoms with Crippen molar-refractivity contribution in [3.63, 3.8) is 0 Å². The number of nitrogens with zero attached hydrogens (tertiary/aromatic N) is 2. The van der Waals surface area contributed by atoms with Crippen molar-refractivity contribution >= 4 is 11.0 Å². The van der Waals surface area contributed by atoms with Crippen molar-refractivity contribution in [1.82, 2.24) is 14.9 Å². The van der Waals surface area contributed by atoms with Gasteiger partial charge in [0.1, 0.15) is 5.82 Å². The first-order valence-corrected chi connectivity index (χ1v) is 7.55. The summed E-state index contributed by atoms with van der Waals surface area (Å²) >= 11 is 0. The number of ether oxygens (including phenoxy) is 2. The van der Waals surface area contributed by atoms with E-state index < -0.39 is 5.79 Å². The molecule has 5 heteroatoms. The lowest BCUT2D eigenvalue weighted by Crippen LogP contribution is -2.30. The average Bonchev–Trinajstić information content (AvgIpc) is 2.98. The summed E-state index contributed by atoms with van der Waals surface area (Å²) in [4.78, 5) is 4.70. The Morgan fingerprint density at radius 1 is 1.38 bits per heavy atom. The van der Waals surface area contributed by atoms with Crippen LogP contribution in [0.3, 0.4) is 0 Å². The lowest BCUT2D eigenvalue weighted by molar-refractivity contribution is -0.137. The van der Waals surface area contributed by atoms with Gasteiger partial charge < -0.3 is 19.4 Å². The summed E-state index contributed by atoms with van der Waals surface area (Å²) in [6.45, 7) is 9.12. The minimum atomic E-state index is -0.455. The molecule has 5 nitrogen and oxygen atoms in total. The molecule has 1 aliphatic rings. The zero-order chi connectivity index (χ0) is 14.9. The van der Waals surface area contributed by atoms with Crippen LogP contribution in [-0.2, 0) is 22.6 Å². The van der Waals surface area contributed by atoms with Gasteiger partial charge in [0.05, 0.1) is 30.3 Å². The SMILES string of the molecule is CCn1c(CNCC2COC(C)(C)O2)nc2ccccc21. The summed E-state index contributed by atoms with van der Waals surface area (Å²) in [5, 5.41) is 3.43. The molecule has 2 aromatic rings. The third kappa shape index (κ3) is 3.10. The number of fused-ring (bicyclic) bond motifs is 1. The Balaban J connectivity index is 1.63.